The Morgan fingerprint density at radius 1 is 1.57 bits per heavy atom. The summed E-state index contributed by atoms with van der Waals surface area (Å²) in [6.45, 7) is 2.93. The van der Waals surface area contributed by atoms with Crippen molar-refractivity contribution >= 4 is 23.1 Å². The third-order valence-corrected chi connectivity index (χ3v) is 1.90. The van der Waals surface area contributed by atoms with Crippen molar-refractivity contribution in [3.63, 3.8) is 0 Å². The Kier molecular flexibility index (Phi) is 6.40. The van der Waals surface area contributed by atoms with Crippen LogP contribution in [0.2, 0.25) is 0 Å². The van der Waals surface area contributed by atoms with Gasteiger partial charge in [-0.1, -0.05) is 12.2 Å². The van der Waals surface area contributed by atoms with Crippen LogP contribution in [0.5, 0.6) is 0 Å². The number of carbonyl (C=O) groups excluding carboxylic acids is 1. The molecular formula is C9H19N3OS. The standard InChI is InChI=1S/C9H19N3OS/c1-7(4-5-12(2)3)11-9(13)6-8(10)14/h7H,4-6H2,1-3H3,(H2,10,14)(H,11,13). The van der Waals surface area contributed by atoms with E-state index in [4.69, 9.17) is 5.73 Å². The van der Waals surface area contributed by atoms with E-state index in [-0.39, 0.29) is 23.4 Å². The van der Waals surface area contributed by atoms with Crippen molar-refractivity contribution in [1.82, 2.24) is 10.2 Å². The van der Waals surface area contributed by atoms with Crippen molar-refractivity contribution < 1.29 is 4.79 Å². The van der Waals surface area contributed by atoms with E-state index in [0.29, 0.717) is 0 Å². The topological polar surface area (TPSA) is 58.4 Å². The van der Waals surface area contributed by atoms with Crippen LogP contribution in [-0.2, 0) is 4.79 Å². The highest BCUT2D eigenvalue weighted by molar-refractivity contribution is 7.80. The molecule has 1 unspecified atom stereocenters. The molecule has 0 aliphatic heterocycles. The van der Waals surface area contributed by atoms with Gasteiger partial charge in [-0.25, -0.2) is 0 Å². The van der Waals surface area contributed by atoms with Gasteiger partial charge in [0.2, 0.25) is 5.91 Å². The average Bonchev–Trinajstić information content (AvgIpc) is 1.98. The highest BCUT2D eigenvalue weighted by Gasteiger charge is 2.08. The van der Waals surface area contributed by atoms with E-state index in [1.54, 1.807) is 0 Å². The highest BCUT2D eigenvalue weighted by atomic mass is 32.1. The zero-order valence-electron chi connectivity index (χ0n) is 9.04. The molecule has 0 aromatic rings. The van der Waals surface area contributed by atoms with Gasteiger partial charge in [0, 0.05) is 6.04 Å². The summed E-state index contributed by atoms with van der Waals surface area (Å²) in [4.78, 5) is 13.5. The van der Waals surface area contributed by atoms with E-state index >= 15 is 0 Å². The van der Waals surface area contributed by atoms with Gasteiger partial charge in [-0.15, -0.1) is 0 Å². The zero-order chi connectivity index (χ0) is 11.1. The minimum atomic E-state index is -0.0937. The molecule has 82 valence electrons. The lowest BCUT2D eigenvalue weighted by atomic mass is 10.2. The fourth-order valence-electron chi connectivity index (χ4n) is 1.01. The SMILES string of the molecule is CC(CCN(C)C)NC(=O)CC(N)=S. The lowest BCUT2D eigenvalue weighted by molar-refractivity contribution is -0.120. The van der Waals surface area contributed by atoms with Crippen molar-refractivity contribution in [2.75, 3.05) is 20.6 Å². The largest absolute Gasteiger partial charge is 0.393 e. The van der Waals surface area contributed by atoms with E-state index in [9.17, 15) is 4.79 Å². The lowest BCUT2D eigenvalue weighted by Crippen LogP contribution is -2.36. The number of nitrogens with one attached hydrogen (secondary N) is 1. The Balaban J connectivity index is 3.65. The van der Waals surface area contributed by atoms with E-state index in [1.165, 1.54) is 0 Å². The Hall–Kier alpha value is -0.680. The second-order valence-corrected chi connectivity index (χ2v) is 4.23. The fraction of sp³-hybridized carbons (Fsp3) is 0.778. The summed E-state index contributed by atoms with van der Waals surface area (Å²) in [5.74, 6) is -0.0937. The molecule has 0 aliphatic rings. The van der Waals surface area contributed by atoms with E-state index in [0.717, 1.165) is 13.0 Å². The van der Waals surface area contributed by atoms with Crippen LogP contribution in [0.25, 0.3) is 0 Å². The maximum Gasteiger partial charge on any atom is 0.227 e. The summed E-state index contributed by atoms with van der Waals surface area (Å²) in [6.07, 6.45) is 1.07. The first-order valence-electron chi connectivity index (χ1n) is 4.64. The maximum atomic E-state index is 11.2. The van der Waals surface area contributed by atoms with E-state index < -0.39 is 0 Å². The minimum Gasteiger partial charge on any atom is -0.393 e. The molecule has 0 fully saturated rings. The molecule has 1 atom stereocenters. The van der Waals surface area contributed by atoms with Crippen LogP contribution in [0.4, 0.5) is 0 Å². The van der Waals surface area contributed by atoms with Gasteiger partial charge >= 0.3 is 0 Å². The molecule has 0 saturated heterocycles. The highest BCUT2D eigenvalue weighted by Crippen LogP contribution is 1.93. The second kappa shape index (κ2) is 6.73. The van der Waals surface area contributed by atoms with Gasteiger partial charge in [0.15, 0.2) is 0 Å². The Labute approximate surface area is 90.8 Å². The first kappa shape index (κ1) is 13.3. The molecule has 14 heavy (non-hydrogen) atoms. The molecular weight excluding hydrogens is 198 g/mol. The molecule has 0 bridgehead atoms. The van der Waals surface area contributed by atoms with Gasteiger partial charge in [-0.2, -0.15) is 0 Å². The number of thiocarbonyl (C=S) groups is 1. The molecule has 3 N–H and O–H groups in total. The Morgan fingerprint density at radius 3 is 2.57 bits per heavy atom. The van der Waals surface area contributed by atoms with Gasteiger partial charge in [0.05, 0.1) is 11.4 Å². The average molecular weight is 217 g/mol. The summed E-state index contributed by atoms with van der Waals surface area (Å²) < 4.78 is 0. The van der Waals surface area contributed by atoms with Crippen LogP contribution in [0, 0.1) is 0 Å². The number of rotatable bonds is 6. The monoisotopic (exact) mass is 217 g/mol. The number of hydrogen-bond donors (Lipinski definition) is 2. The van der Waals surface area contributed by atoms with Crippen molar-refractivity contribution in [1.29, 1.82) is 0 Å². The normalized spacial score (nSPS) is 12.6. The van der Waals surface area contributed by atoms with Crippen molar-refractivity contribution in [2.45, 2.75) is 25.8 Å². The van der Waals surface area contributed by atoms with E-state index in [2.05, 4.69) is 22.4 Å². The van der Waals surface area contributed by atoms with Gasteiger partial charge in [-0.05, 0) is 34.0 Å². The van der Waals surface area contributed by atoms with Crippen LogP contribution < -0.4 is 11.1 Å². The lowest BCUT2D eigenvalue weighted by Gasteiger charge is -2.16. The molecule has 0 spiro atoms. The van der Waals surface area contributed by atoms with Crippen LogP contribution >= 0.6 is 12.2 Å². The molecule has 1 amide bonds. The third-order valence-electron chi connectivity index (χ3n) is 1.75. The number of hydrogen-bond acceptors (Lipinski definition) is 3. The van der Waals surface area contributed by atoms with Crippen LogP contribution in [0.1, 0.15) is 19.8 Å². The predicted octanol–water partition coefficient (Wildman–Crippen LogP) is 0.119. The fourth-order valence-corrected chi connectivity index (χ4v) is 1.14. The second-order valence-electron chi connectivity index (χ2n) is 3.70. The molecule has 0 heterocycles. The van der Waals surface area contributed by atoms with Gasteiger partial charge in [0.25, 0.3) is 0 Å². The molecule has 0 rings (SSSR count). The maximum absolute atomic E-state index is 11.2. The first-order chi connectivity index (χ1) is 6.41. The number of amides is 1. The van der Waals surface area contributed by atoms with Crippen LogP contribution in [0.3, 0.4) is 0 Å². The molecule has 0 aromatic heterocycles. The van der Waals surface area contributed by atoms with E-state index in [1.807, 2.05) is 21.0 Å². The Bertz CT molecular complexity index is 206. The number of nitrogens with two attached hydrogens (primary N) is 1. The zero-order valence-corrected chi connectivity index (χ0v) is 9.86. The van der Waals surface area contributed by atoms with Gasteiger partial charge in [-0.3, -0.25) is 4.79 Å². The van der Waals surface area contributed by atoms with Gasteiger partial charge in [0.1, 0.15) is 0 Å². The molecule has 0 aliphatic carbocycles. The smallest absolute Gasteiger partial charge is 0.227 e. The van der Waals surface area contributed by atoms with Crippen LogP contribution in [-0.4, -0.2) is 42.5 Å². The summed E-state index contributed by atoms with van der Waals surface area (Å²) in [5.41, 5.74) is 5.25. The molecule has 0 saturated carbocycles. The predicted molar refractivity (Wildman–Crippen MR) is 62.2 cm³/mol. The summed E-state index contributed by atoms with van der Waals surface area (Å²) in [5, 5.41) is 2.83. The quantitative estimate of drug-likeness (QED) is 0.620. The van der Waals surface area contributed by atoms with Crippen molar-refractivity contribution in [3.8, 4) is 0 Å². The summed E-state index contributed by atoms with van der Waals surface area (Å²) in [7, 11) is 4.01. The molecule has 0 radical (unpaired) electrons. The Morgan fingerprint density at radius 2 is 2.14 bits per heavy atom. The molecule has 0 aromatic carbocycles. The third kappa shape index (κ3) is 7.94. The minimum absolute atomic E-state index is 0.0937. The summed E-state index contributed by atoms with van der Waals surface area (Å²) in [6, 6.07) is 0.166. The first-order valence-corrected chi connectivity index (χ1v) is 5.05. The number of carbonyl (C=O) groups is 1. The molecule has 4 nitrogen and oxygen atoms in total. The van der Waals surface area contributed by atoms with Crippen LogP contribution in [0.15, 0.2) is 0 Å². The number of nitrogens with zero attached hydrogens (tertiary/aromatic N) is 1. The van der Waals surface area contributed by atoms with Crippen molar-refractivity contribution in [3.05, 3.63) is 0 Å². The summed E-state index contributed by atoms with van der Waals surface area (Å²) >= 11 is 4.64. The molecule has 5 heteroatoms. The van der Waals surface area contributed by atoms with Gasteiger partial charge < -0.3 is 16.0 Å². The van der Waals surface area contributed by atoms with Crippen molar-refractivity contribution in [2.24, 2.45) is 5.73 Å².